The Balaban J connectivity index is 1.89. The molecule has 0 spiro atoms. The Labute approximate surface area is 156 Å². The molecule has 1 amide bonds. The van der Waals surface area contributed by atoms with Crippen molar-refractivity contribution in [1.82, 2.24) is 14.9 Å². The molecule has 0 aliphatic carbocycles. The molecule has 142 valence electrons. The van der Waals surface area contributed by atoms with Crippen LogP contribution in [0.25, 0.3) is 11.0 Å². The van der Waals surface area contributed by atoms with Crippen molar-refractivity contribution in [2.75, 3.05) is 7.11 Å². The van der Waals surface area contributed by atoms with E-state index in [4.69, 9.17) is 4.74 Å². The summed E-state index contributed by atoms with van der Waals surface area (Å²) >= 11 is 0. The van der Waals surface area contributed by atoms with Crippen molar-refractivity contribution >= 4 is 16.9 Å². The van der Waals surface area contributed by atoms with E-state index in [-0.39, 0.29) is 17.7 Å². The molecule has 0 fully saturated rings. The normalized spacial score (nSPS) is 11.6. The van der Waals surface area contributed by atoms with Crippen molar-refractivity contribution in [3.63, 3.8) is 0 Å². The molecule has 3 aromatic rings. The molecule has 0 unspecified atom stereocenters. The lowest BCUT2D eigenvalue weighted by Gasteiger charge is -2.16. The molecule has 0 saturated heterocycles. The fraction of sp³-hybridized carbons (Fsp3) is 0.300. The summed E-state index contributed by atoms with van der Waals surface area (Å²) in [6.45, 7) is 2.61. The smallest absolute Gasteiger partial charge is 0.270 e. The molecular formula is C20H21F2N3O2. The molecule has 1 heterocycles. The number of carbonyl (C=O) groups excluding carboxylic acids is 1. The van der Waals surface area contributed by atoms with E-state index >= 15 is 0 Å². The van der Waals surface area contributed by atoms with Gasteiger partial charge in [0, 0.05) is 37.2 Å². The first-order valence-corrected chi connectivity index (χ1v) is 8.46. The Bertz CT molecular complexity index is 1010. The van der Waals surface area contributed by atoms with E-state index < -0.39 is 11.8 Å². The third-order valence-electron chi connectivity index (χ3n) is 4.56. The van der Waals surface area contributed by atoms with Crippen LogP contribution in [0.2, 0.25) is 0 Å². The van der Waals surface area contributed by atoms with Crippen LogP contribution in [0.3, 0.4) is 0 Å². The monoisotopic (exact) mass is 373 g/mol. The van der Waals surface area contributed by atoms with Gasteiger partial charge in [0.05, 0.1) is 24.5 Å². The highest BCUT2D eigenvalue weighted by Crippen LogP contribution is 2.31. The Morgan fingerprint density at radius 2 is 2.04 bits per heavy atom. The predicted octanol–water partition coefficient (Wildman–Crippen LogP) is 3.93. The van der Waals surface area contributed by atoms with Crippen molar-refractivity contribution in [3.05, 3.63) is 58.9 Å². The first-order chi connectivity index (χ1) is 12.7. The van der Waals surface area contributed by atoms with Crippen LogP contribution in [0.4, 0.5) is 8.78 Å². The van der Waals surface area contributed by atoms with Crippen molar-refractivity contribution in [2.45, 2.75) is 26.3 Å². The van der Waals surface area contributed by atoms with E-state index in [0.29, 0.717) is 11.3 Å². The lowest BCUT2D eigenvalue weighted by Crippen LogP contribution is -2.24. The maximum atomic E-state index is 13.7. The fourth-order valence-corrected chi connectivity index (χ4v) is 3.18. The summed E-state index contributed by atoms with van der Waals surface area (Å²) in [5.74, 6) is -2.82. The number of rotatable bonds is 5. The minimum absolute atomic E-state index is 0.151. The van der Waals surface area contributed by atoms with Crippen LogP contribution in [0, 0.1) is 6.92 Å². The van der Waals surface area contributed by atoms with Crippen LogP contribution in [0.1, 0.15) is 34.0 Å². The van der Waals surface area contributed by atoms with Gasteiger partial charge < -0.3 is 14.6 Å². The van der Waals surface area contributed by atoms with Crippen LogP contribution < -0.4 is 10.1 Å². The highest BCUT2D eigenvalue weighted by molar-refractivity contribution is 5.95. The number of halogens is 2. The Morgan fingerprint density at radius 1 is 1.30 bits per heavy atom. The summed E-state index contributed by atoms with van der Waals surface area (Å²) in [7, 11) is 3.41. The molecule has 0 aliphatic rings. The van der Waals surface area contributed by atoms with Crippen molar-refractivity contribution < 1.29 is 18.3 Å². The summed E-state index contributed by atoms with van der Waals surface area (Å²) in [5.41, 5.74) is 2.89. The van der Waals surface area contributed by atoms with Gasteiger partial charge in [-0.25, -0.2) is 13.8 Å². The lowest BCUT2D eigenvalue weighted by atomic mass is 10.00. The number of nitrogens with one attached hydrogen (secondary N) is 1. The molecule has 3 rings (SSSR count). The second-order valence-corrected chi connectivity index (χ2v) is 6.57. The molecule has 0 radical (unpaired) electrons. The summed E-state index contributed by atoms with van der Waals surface area (Å²) in [6.07, 6.45) is 1.69. The van der Waals surface area contributed by atoms with Crippen LogP contribution in [0.5, 0.6) is 5.75 Å². The molecule has 1 N–H and O–H groups in total. The van der Waals surface area contributed by atoms with Gasteiger partial charge in [-0.15, -0.1) is 0 Å². The molecule has 1 aromatic heterocycles. The SMILES string of the molecule is COc1ccc2ncn(C)c2c1CNC(=O)c1ccc(C)c(C(C)(F)F)c1. The molecule has 2 aromatic carbocycles. The first kappa shape index (κ1) is 18.8. The van der Waals surface area contributed by atoms with Gasteiger partial charge in [-0.3, -0.25) is 4.79 Å². The largest absolute Gasteiger partial charge is 0.496 e. The number of methoxy groups -OCH3 is 1. The summed E-state index contributed by atoms with van der Waals surface area (Å²) in [5, 5.41) is 2.79. The third-order valence-corrected chi connectivity index (χ3v) is 4.56. The van der Waals surface area contributed by atoms with Gasteiger partial charge in [-0.05, 0) is 36.8 Å². The first-order valence-electron chi connectivity index (χ1n) is 8.46. The number of aryl methyl sites for hydroxylation is 2. The average Bonchev–Trinajstić information content (AvgIpc) is 3.00. The van der Waals surface area contributed by atoms with Gasteiger partial charge in [0.25, 0.3) is 11.8 Å². The van der Waals surface area contributed by atoms with Gasteiger partial charge in [-0.2, -0.15) is 0 Å². The average molecular weight is 373 g/mol. The number of hydrogen-bond acceptors (Lipinski definition) is 3. The number of nitrogens with zero attached hydrogens (tertiary/aromatic N) is 2. The third kappa shape index (κ3) is 3.63. The van der Waals surface area contributed by atoms with Crippen molar-refractivity contribution in [1.29, 1.82) is 0 Å². The van der Waals surface area contributed by atoms with Gasteiger partial charge in [0.15, 0.2) is 0 Å². The van der Waals surface area contributed by atoms with Gasteiger partial charge in [-0.1, -0.05) is 6.07 Å². The molecule has 0 atom stereocenters. The number of alkyl halides is 2. The maximum Gasteiger partial charge on any atom is 0.270 e. The van der Waals surface area contributed by atoms with Gasteiger partial charge >= 0.3 is 0 Å². The van der Waals surface area contributed by atoms with E-state index in [2.05, 4.69) is 10.3 Å². The Morgan fingerprint density at radius 3 is 2.70 bits per heavy atom. The molecule has 5 nitrogen and oxygen atoms in total. The number of fused-ring (bicyclic) bond motifs is 1. The molecule has 7 heteroatoms. The summed E-state index contributed by atoms with van der Waals surface area (Å²) in [6, 6.07) is 7.95. The van der Waals surface area contributed by atoms with E-state index in [0.717, 1.165) is 23.5 Å². The topological polar surface area (TPSA) is 56.1 Å². The number of carbonyl (C=O) groups is 1. The van der Waals surface area contributed by atoms with Crippen LogP contribution in [-0.2, 0) is 19.5 Å². The van der Waals surface area contributed by atoms with E-state index in [1.54, 1.807) is 32.5 Å². The summed E-state index contributed by atoms with van der Waals surface area (Å²) in [4.78, 5) is 16.8. The minimum Gasteiger partial charge on any atom is -0.496 e. The highest BCUT2D eigenvalue weighted by atomic mass is 19.3. The van der Waals surface area contributed by atoms with Crippen molar-refractivity contribution in [3.8, 4) is 5.75 Å². The number of amides is 1. The van der Waals surface area contributed by atoms with Crippen LogP contribution in [-0.4, -0.2) is 22.6 Å². The molecule has 0 saturated carbocycles. The second kappa shape index (κ2) is 6.98. The predicted molar refractivity (Wildman–Crippen MR) is 99.2 cm³/mol. The van der Waals surface area contributed by atoms with E-state index in [9.17, 15) is 13.6 Å². The Kier molecular flexibility index (Phi) is 4.87. The zero-order chi connectivity index (χ0) is 19.8. The quantitative estimate of drug-likeness (QED) is 0.737. The molecule has 0 bridgehead atoms. The zero-order valence-corrected chi connectivity index (χ0v) is 15.6. The lowest BCUT2D eigenvalue weighted by molar-refractivity contribution is 0.0168. The van der Waals surface area contributed by atoms with Crippen LogP contribution >= 0.6 is 0 Å². The Hall–Kier alpha value is -2.96. The molecule has 0 aliphatic heterocycles. The standard InChI is InChI=1S/C20H21F2N3O2/c1-12-5-6-13(9-15(12)20(2,21)22)19(26)23-10-14-17(27-4)8-7-16-18(14)25(3)11-24-16/h5-9,11H,10H2,1-4H3,(H,23,26). The molecular weight excluding hydrogens is 352 g/mol. The molecule has 27 heavy (non-hydrogen) atoms. The van der Waals surface area contributed by atoms with Crippen LogP contribution in [0.15, 0.2) is 36.7 Å². The van der Waals surface area contributed by atoms with Gasteiger partial charge in [0.2, 0.25) is 0 Å². The number of aromatic nitrogens is 2. The van der Waals surface area contributed by atoms with E-state index in [1.807, 2.05) is 17.7 Å². The number of benzene rings is 2. The highest BCUT2D eigenvalue weighted by Gasteiger charge is 2.27. The number of ether oxygens (including phenoxy) is 1. The van der Waals surface area contributed by atoms with E-state index in [1.165, 1.54) is 12.1 Å². The minimum atomic E-state index is -3.01. The second-order valence-electron chi connectivity index (χ2n) is 6.57. The van der Waals surface area contributed by atoms with Gasteiger partial charge in [0.1, 0.15) is 5.75 Å². The fourth-order valence-electron chi connectivity index (χ4n) is 3.18. The summed E-state index contributed by atoms with van der Waals surface area (Å²) < 4.78 is 34.7. The maximum absolute atomic E-state index is 13.7. The zero-order valence-electron chi connectivity index (χ0n) is 15.6. The number of imidazole rings is 1. The number of hydrogen-bond donors (Lipinski definition) is 1. The van der Waals surface area contributed by atoms with Crippen molar-refractivity contribution in [2.24, 2.45) is 7.05 Å².